The minimum absolute atomic E-state index is 0.252. The molecule has 3 aliphatic rings. The molecule has 4 heterocycles. The lowest BCUT2D eigenvalue weighted by molar-refractivity contribution is -0.145. The highest BCUT2D eigenvalue weighted by atomic mass is 31.0. The van der Waals surface area contributed by atoms with E-state index in [9.17, 15) is 14.7 Å². The minimum Gasteiger partial charge on any atom is -0.479 e. The third-order valence-corrected chi connectivity index (χ3v) is 8.24. The van der Waals surface area contributed by atoms with Crippen LogP contribution in [0.5, 0.6) is 11.8 Å². The zero-order valence-corrected chi connectivity index (χ0v) is 22.6. The first-order valence-electron chi connectivity index (χ1n) is 13.7. The number of benzene rings is 1. The van der Waals surface area contributed by atoms with Gasteiger partial charge in [0.05, 0.1) is 13.2 Å². The molecule has 10 nitrogen and oxygen atoms in total. The first-order chi connectivity index (χ1) is 18.5. The van der Waals surface area contributed by atoms with E-state index in [4.69, 9.17) is 9.47 Å². The standard InChI is InChI=1S/C26H33BN5O5P/c33-24(34)19-8-7-18-13-16-12-17(21(18)37-19)4-2-1-3-11-36-25-29-22-20(28-26(35)31(22)14-16)23(30-25)32(38)27-10-9-15-5-6-15/h12-13,15,19,27H,1-11,14,38H2,(H,28,35)(H,33,34). The zero-order valence-electron chi connectivity index (χ0n) is 21.4. The molecule has 1 saturated carbocycles. The molecule has 2 atom stereocenters. The van der Waals surface area contributed by atoms with Gasteiger partial charge in [0.1, 0.15) is 11.3 Å². The fraction of sp³-hybridized carbons (Fsp3) is 0.538. The molecule has 1 aromatic carbocycles. The Bertz CT molecular complexity index is 1420. The number of aromatic nitrogens is 4. The van der Waals surface area contributed by atoms with Gasteiger partial charge in [-0.2, -0.15) is 9.97 Å². The van der Waals surface area contributed by atoms with E-state index in [1.165, 1.54) is 19.3 Å². The van der Waals surface area contributed by atoms with Gasteiger partial charge in [-0.3, -0.25) is 4.57 Å². The molecule has 12 heteroatoms. The van der Waals surface area contributed by atoms with E-state index in [0.717, 1.165) is 62.0 Å². The SMILES string of the molecule is O=C(O)C1CCc2cc3cc(c2O1)CCCCCOc1nc(N(P)BCCC2CC2)c2[nH]c(=O)n(c2n1)C3. The number of imidazole rings is 1. The van der Waals surface area contributed by atoms with Crippen LogP contribution in [0.4, 0.5) is 5.82 Å². The quantitative estimate of drug-likeness (QED) is 0.363. The lowest BCUT2D eigenvalue weighted by Crippen LogP contribution is -2.31. The van der Waals surface area contributed by atoms with Gasteiger partial charge in [0, 0.05) is 0 Å². The maximum atomic E-state index is 13.2. The third kappa shape index (κ3) is 5.26. The van der Waals surface area contributed by atoms with E-state index in [1.54, 1.807) is 4.57 Å². The number of nitrogens with zero attached hydrogens (tertiary/aromatic N) is 4. The molecule has 2 aliphatic heterocycles. The van der Waals surface area contributed by atoms with E-state index in [1.807, 2.05) is 10.6 Å². The number of aryl methyl sites for hydroxylation is 2. The maximum Gasteiger partial charge on any atom is 0.344 e. The van der Waals surface area contributed by atoms with Crippen molar-refractivity contribution in [3.63, 3.8) is 0 Å². The predicted molar refractivity (Wildman–Crippen MR) is 149 cm³/mol. The Morgan fingerprint density at radius 1 is 1.18 bits per heavy atom. The Morgan fingerprint density at radius 3 is 2.79 bits per heavy atom. The molecule has 4 bridgehead atoms. The molecule has 0 spiro atoms. The van der Waals surface area contributed by atoms with Crippen molar-refractivity contribution in [2.45, 2.75) is 76.8 Å². The van der Waals surface area contributed by atoms with Crippen LogP contribution < -0.4 is 19.7 Å². The molecular formula is C26H33BN5O5P. The van der Waals surface area contributed by atoms with Gasteiger partial charge in [0.2, 0.25) is 7.41 Å². The summed E-state index contributed by atoms with van der Waals surface area (Å²) in [4.78, 5) is 37.1. The lowest BCUT2D eigenvalue weighted by atomic mass is 9.85. The van der Waals surface area contributed by atoms with E-state index >= 15 is 0 Å². The van der Waals surface area contributed by atoms with Crippen LogP contribution in [0.2, 0.25) is 6.32 Å². The normalized spacial score (nSPS) is 19.2. The summed E-state index contributed by atoms with van der Waals surface area (Å²) in [5.41, 5.74) is 3.83. The summed E-state index contributed by atoms with van der Waals surface area (Å²) >= 11 is 0. The molecular weight excluding hydrogens is 504 g/mol. The molecule has 2 aromatic heterocycles. The van der Waals surface area contributed by atoms with Gasteiger partial charge >= 0.3 is 17.7 Å². The summed E-state index contributed by atoms with van der Waals surface area (Å²) in [6.45, 7) is 0.809. The van der Waals surface area contributed by atoms with E-state index < -0.39 is 12.1 Å². The van der Waals surface area contributed by atoms with Crippen LogP contribution in [-0.4, -0.2) is 50.7 Å². The number of carboxylic acids is 1. The fourth-order valence-corrected chi connectivity index (χ4v) is 5.89. The van der Waals surface area contributed by atoms with E-state index in [2.05, 4.69) is 30.4 Å². The number of aromatic amines is 1. The van der Waals surface area contributed by atoms with Crippen LogP contribution in [0.3, 0.4) is 0 Å². The van der Waals surface area contributed by atoms with Crippen LogP contribution in [0.15, 0.2) is 16.9 Å². The number of hydrogen-bond donors (Lipinski definition) is 2. The largest absolute Gasteiger partial charge is 0.479 e. The highest BCUT2D eigenvalue weighted by molar-refractivity contribution is 7.23. The second kappa shape index (κ2) is 10.6. The molecule has 1 aliphatic carbocycles. The molecule has 2 N–H and O–H groups in total. The highest BCUT2D eigenvalue weighted by Gasteiger charge is 2.28. The van der Waals surface area contributed by atoms with Gasteiger partial charge in [0.15, 0.2) is 17.6 Å². The van der Waals surface area contributed by atoms with Crippen molar-refractivity contribution in [1.29, 1.82) is 0 Å². The second-order valence-electron chi connectivity index (χ2n) is 10.7. The van der Waals surface area contributed by atoms with E-state index in [0.29, 0.717) is 48.7 Å². The summed E-state index contributed by atoms with van der Waals surface area (Å²) < 4.78 is 15.6. The number of H-pyrrole nitrogens is 1. The van der Waals surface area contributed by atoms with Crippen LogP contribution >= 0.6 is 9.39 Å². The Labute approximate surface area is 223 Å². The summed E-state index contributed by atoms with van der Waals surface area (Å²) in [5, 5.41) is 9.50. The van der Waals surface area contributed by atoms with Crippen molar-refractivity contribution in [2.24, 2.45) is 5.92 Å². The van der Waals surface area contributed by atoms with Gasteiger partial charge < -0.3 is 24.1 Å². The Balaban J connectivity index is 1.38. The minimum atomic E-state index is -0.933. The number of anilines is 1. The zero-order chi connectivity index (χ0) is 26.2. The van der Waals surface area contributed by atoms with E-state index in [-0.39, 0.29) is 11.7 Å². The topological polar surface area (TPSA) is 123 Å². The number of nitrogens with one attached hydrogen (secondary N) is 1. The van der Waals surface area contributed by atoms with Crippen molar-refractivity contribution < 1.29 is 19.4 Å². The highest BCUT2D eigenvalue weighted by Crippen LogP contribution is 2.36. The summed E-state index contributed by atoms with van der Waals surface area (Å²) in [7, 11) is 3.56. The molecule has 0 radical (unpaired) electrons. The van der Waals surface area contributed by atoms with Crippen molar-refractivity contribution in [1.82, 2.24) is 19.5 Å². The first kappa shape index (κ1) is 25.2. The molecule has 2 unspecified atom stereocenters. The second-order valence-corrected chi connectivity index (χ2v) is 11.3. The van der Waals surface area contributed by atoms with Gasteiger partial charge in [-0.15, -0.1) is 0 Å². The van der Waals surface area contributed by atoms with Gasteiger partial charge in [0.25, 0.3) is 0 Å². The fourth-order valence-electron chi connectivity index (χ4n) is 5.52. The molecule has 0 saturated heterocycles. The average molecular weight is 537 g/mol. The first-order valence-corrected chi connectivity index (χ1v) is 14.2. The van der Waals surface area contributed by atoms with Crippen molar-refractivity contribution in [2.75, 3.05) is 11.2 Å². The number of aliphatic carboxylic acids is 1. The summed E-state index contributed by atoms with van der Waals surface area (Å²) in [6, 6.07) is 4.37. The Kier molecular flexibility index (Phi) is 7.04. The van der Waals surface area contributed by atoms with Crippen molar-refractivity contribution >= 4 is 39.8 Å². The number of ether oxygens (including phenoxy) is 2. The molecule has 6 rings (SSSR count). The number of carbonyl (C=O) groups is 1. The maximum absolute atomic E-state index is 13.2. The molecule has 200 valence electrons. The molecule has 38 heavy (non-hydrogen) atoms. The average Bonchev–Trinajstić information content (AvgIpc) is 3.67. The summed E-state index contributed by atoms with van der Waals surface area (Å²) in [5.74, 6) is 1.27. The molecule has 0 amide bonds. The van der Waals surface area contributed by atoms with Crippen molar-refractivity contribution in [3.05, 3.63) is 39.3 Å². The smallest absolute Gasteiger partial charge is 0.344 e. The monoisotopic (exact) mass is 537 g/mol. The number of carboxylic acid groups (broad SMARTS) is 1. The van der Waals surface area contributed by atoms with Gasteiger partial charge in [-0.25, -0.2) is 9.59 Å². The summed E-state index contributed by atoms with van der Waals surface area (Å²) in [6.07, 6.45) is 8.64. The molecule has 1 fully saturated rings. The number of hydrogen-bond acceptors (Lipinski definition) is 7. The van der Waals surface area contributed by atoms with Crippen LogP contribution in [0, 0.1) is 5.92 Å². The Hall–Kier alpha value is -3.07. The third-order valence-electron chi connectivity index (χ3n) is 7.74. The molecule has 3 aromatic rings. The van der Waals surface area contributed by atoms with Crippen LogP contribution in [0.1, 0.15) is 61.6 Å². The Morgan fingerprint density at radius 2 is 2.00 bits per heavy atom. The lowest BCUT2D eigenvalue weighted by Gasteiger charge is -2.26. The van der Waals surface area contributed by atoms with Crippen molar-refractivity contribution in [3.8, 4) is 11.8 Å². The number of rotatable bonds is 6. The van der Waals surface area contributed by atoms with Crippen LogP contribution in [-0.2, 0) is 24.2 Å². The van der Waals surface area contributed by atoms with Gasteiger partial charge in [-0.1, -0.05) is 47.1 Å². The van der Waals surface area contributed by atoms with Gasteiger partial charge in [-0.05, 0) is 61.1 Å². The number of fused-ring (bicyclic) bond motifs is 5. The predicted octanol–water partition coefficient (Wildman–Crippen LogP) is 3.22. The van der Waals surface area contributed by atoms with Crippen LogP contribution in [0.25, 0.3) is 11.2 Å².